The van der Waals surface area contributed by atoms with Crippen LogP contribution in [0, 0.1) is 0 Å². The van der Waals surface area contributed by atoms with E-state index < -0.39 is 0 Å². The number of carbonyl (C=O) groups excluding carboxylic acids is 1. The van der Waals surface area contributed by atoms with Gasteiger partial charge in [-0.2, -0.15) is 0 Å². The summed E-state index contributed by atoms with van der Waals surface area (Å²) in [5, 5.41) is 0.957. The first-order valence-corrected chi connectivity index (χ1v) is 9.38. The summed E-state index contributed by atoms with van der Waals surface area (Å²) in [6, 6.07) is 17.9. The molecule has 0 amide bonds. The molecule has 1 heterocycles. The molecule has 0 unspecified atom stereocenters. The van der Waals surface area contributed by atoms with Gasteiger partial charge in [0.15, 0.2) is 11.0 Å². The van der Waals surface area contributed by atoms with Crippen molar-refractivity contribution < 1.29 is 4.79 Å². The maximum Gasteiger partial charge on any atom is 0.182 e. The fraction of sp³-hybridized carbons (Fsp3) is 0.300. The minimum atomic E-state index is 0.117. The number of nitrogens with zero attached hydrogens (tertiary/aromatic N) is 2. The first kappa shape index (κ1) is 16.8. The van der Waals surface area contributed by atoms with Gasteiger partial charge >= 0.3 is 0 Å². The highest BCUT2D eigenvalue weighted by Gasteiger charge is 2.20. The van der Waals surface area contributed by atoms with Gasteiger partial charge in [-0.15, -0.1) is 0 Å². The highest BCUT2D eigenvalue weighted by molar-refractivity contribution is 8.14. The van der Waals surface area contributed by atoms with Crippen molar-refractivity contribution in [1.82, 2.24) is 0 Å². The van der Waals surface area contributed by atoms with Crippen molar-refractivity contribution in [3.8, 4) is 0 Å². The van der Waals surface area contributed by atoms with E-state index >= 15 is 0 Å². The zero-order valence-electron chi connectivity index (χ0n) is 13.9. The minimum absolute atomic E-state index is 0.117. The first-order chi connectivity index (χ1) is 11.8. The number of aliphatic imine (C=N–C) groups is 1. The van der Waals surface area contributed by atoms with Gasteiger partial charge in [-0.25, -0.2) is 0 Å². The van der Waals surface area contributed by atoms with Crippen LogP contribution in [0.4, 0.5) is 5.69 Å². The molecule has 3 rings (SSSR count). The summed E-state index contributed by atoms with van der Waals surface area (Å²) in [6.07, 6.45) is 2.08. The molecule has 2 aromatic rings. The highest BCUT2D eigenvalue weighted by Crippen LogP contribution is 2.24. The van der Waals surface area contributed by atoms with Crippen molar-refractivity contribution in [2.24, 2.45) is 4.99 Å². The number of hydrogen-bond donors (Lipinski definition) is 0. The van der Waals surface area contributed by atoms with Crippen LogP contribution in [0.2, 0.25) is 0 Å². The summed E-state index contributed by atoms with van der Waals surface area (Å²) in [5.41, 5.74) is 3.06. The SMILES string of the molecule is CCc1cccc(N(CC(=O)c2ccccc2)C2=NCCCS2)c1. The summed E-state index contributed by atoms with van der Waals surface area (Å²) in [7, 11) is 0. The zero-order chi connectivity index (χ0) is 16.8. The van der Waals surface area contributed by atoms with Gasteiger partial charge in [-0.1, -0.05) is 61.2 Å². The Morgan fingerprint density at radius 2 is 2.00 bits per heavy atom. The topological polar surface area (TPSA) is 32.7 Å². The van der Waals surface area contributed by atoms with Crippen molar-refractivity contribution in [2.45, 2.75) is 19.8 Å². The largest absolute Gasteiger partial charge is 0.313 e. The molecule has 0 bridgehead atoms. The molecule has 0 atom stereocenters. The normalized spacial score (nSPS) is 14.1. The molecule has 0 saturated heterocycles. The number of benzene rings is 2. The first-order valence-electron chi connectivity index (χ1n) is 8.40. The smallest absolute Gasteiger partial charge is 0.182 e. The standard InChI is InChI=1S/C20H22N2OS/c1-2-16-8-6-11-18(14-16)22(20-21-12-7-13-24-20)15-19(23)17-9-4-3-5-10-17/h3-6,8-11,14H,2,7,12-13,15H2,1H3. The fourth-order valence-electron chi connectivity index (χ4n) is 2.68. The second kappa shape index (κ2) is 8.15. The maximum atomic E-state index is 12.7. The molecule has 0 radical (unpaired) electrons. The summed E-state index contributed by atoms with van der Waals surface area (Å²) >= 11 is 1.74. The van der Waals surface area contributed by atoms with Crippen molar-refractivity contribution in [3.05, 3.63) is 65.7 Å². The quantitative estimate of drug-likeness (QED) is 0.756. The van der Waals surface area contributed by atoms with Crippen LogP contribution in [0.25, 0.3) is 0 Å². The van der Waals surface area contributed by atoms with E-state index in [1.54, 1.807) is 11.8 Å². The van der Waals surface area contributed by atoms with Crippen LogP contribution in [0.5, 0.6) is 0 Å². The van der Waals surface area contributed by atoms with Gasteiger partial charge in [0.1, 0.15) is 0 Å². The van der Waals surface area contributed by atoms with Gasteiger partial charge < -0.3 is 4.90 Å². The average molecular weight is 338 g/mol. The Bertz CT molecular complexity index is 727. The predicted molar refractivity (Wildman–Crippen MR) is 103 cm³/mol. The molecule has 124 valence electrons. The van der Waals surface area contributed by atoms with E-state index in [4.69, 9.17) is 0 Å². The van der Waals surface area contributed by atoms with Crippen molar-refractivity contribution in [3.63, 3.8) is 0 Å². The molecule has 0 fully saturated rings. The van der Waals surface area contributed by atoms with Gasteiger partial charge in [-0.3, -0.25) is 9.79 Å². The van der Waals surface area contributed by atoms with Gasteiger partial charge in [0.05, 0.1) is 6.54 Å². The number of aryl methyl sites for hydroxylation is 1. The number of rotatable bonds is 5. The van der Waals surface area contributed by atoms with E-state index in [0.29, 0.717) is 6.54 Å². The van der Waals surface area contributed by atoms with Crippen molar-refractivity contribution >= 4 is 28.4 Å². The third-order valence-electron chi connectivity index (χ3n) is 4.04. The zero-order valence-corrected chi connectivity index (χ0v) is 14.8. The lowest BCUT2D eigenvalue weighted by molar-refractivity contribution is 0.100. The Morgan fingerprint density at radius 3 is 2.71 bits per heavy atom. The van der Waals surface area contributed by atoms with Crippen LogP contribution >= 0.6 is 11.8 Å². The van der Waals surface area contributed by atoms with Gasteiger partial charge in [-0.05, 0) is 30.5 Å². The third-order valence-corrected chi connectivity index (χ3v) is 5.14. The van der Waals surface area contributed by atoms with Crippen LogP contribution < -0.4 is 4.90 Å². The van der Waals surface area contributed by atoms with Gasteiger partial charge in [0.2, 0.25) is 0 Å². The van der Waals surface area contributed by atoms with E-state index in [-0.39, 0.29) is 5.78 Å². The van der Waals surface area contributed by atoms with E-state index in [0.717, 1.165) is 41.6 Å². The molecule has 0 N–H and O–H groups in total. The Hall–Kier alpha value is -2.07. The molecule has 0 spiro atoms. The molecule has 1 aliphatic heterocycles. The average Bonchev–Trinajstić information content (AvgIpc) is 2.67. The lowest BCUT2D eigenvalue weighted by atomic mass is 10.1. The molecule has 3 nitrogen and oxygen atoms in total. The summed E-state index contributed by atoms with van der Waals surface area (Å²) in [4.78, 5) is 19.4. The number of carbonyl (C=O) groups is 1. The molecule has 1 aliphatic rings. The Labute approximate surface area is 147 Å². The highest BCUT2D eigenvalue weighted by atomic mass is 32.2. The van der Waals surface area contributed by atoms with E-state index in [1.165, 1.54) is 5.56 Å². The molecule has 2 aromatic carbocycles. The van der Waals surface area contributed by atoms with Crippen molar-refractivity contribution in [1.29, 1.82) is 0 Å². The van der Waals surface area contributed by atoms with Crippen LogP contribution in [0.15, 0.2) is 59.6 Å². The maximum absolute atomic E-state index is 12.7. The number of Topliss-reactive ketones (excluding diaryl/α,β-unsaturated/α-hetero) is 1. The van der Waals surface area contributed by atoms with Crippen LogP contribution in [0.1, 0.15) is 29.3 Å². The molecule has 0 saturated carbocycles. The molecular formula is C20H22N2OS. The Balaban J connectivity index is 1.90. The Kier molecular flexibility index (Phi) is 5.70. The number of anilines is 1. The number of ketones is 1. The second-order valence-corrected chi connectivity index (χ2v) is 6.83. The summed E-state index contributed by atoms with van der Waals surface area (Å²) in [6.45, 7) is 3.31. The predicted octanol–water partition coefficient (Wildman–Crippen LogP) is 4.43. The van der Waals surface area contributed by atoms with Gasteiger partial charge in [0, 0.05) is 23.5 Å². The van der Waals surface area contributed by atoms with Crippen LogP contribution in [-0.4, -0.2) is 29.8 Å². The van der Waals surface area contributed by atoms with Gasteiger partial charge in [0.25, 0.3) is 0 Å². The van der Waals surface area contributed by atoms with E-state index in [1.807, 2.05) is 30.3 Å². The van der Waals surface area contributed by atoms with Crippen LogP contribution in [-0.2, 0) is 6.42 Å². The van der Waals surface area contributed by atoms with E-state index in [2.05, 4.69) is 41.1 Å². The van der Waals surface area contributed by atoms with E-state index in [9.17, 15) is 4.79 Å². The molecule has 0 aliphatic carbocycles. The lowest BCUT2D eigenvalue weighted by Gasteiger charge is -2.27. The number of amidine groups is 1. The molecule has 4 heteroatoms. The Morgan fingerprint density at radius 1 is 1.17 bits per heavy atom. The summed E-state index contributed by atoms with van der Waals surface area (Å²) < 4.78 is 0. The van der Waals surface area contributed by atoms with Crippen molar-refractivity contribution in [2.75, 3.05) is 23.7 Å². The van der Waals surface area contributed by atoms with Crippen LogP contribution in [0.3, 0.4) is 0 Å². The monoisotopic (exact) mass is 338 g/mol. The molecular weight excluding hydrogens is 316 g/mol. The molecule has 24 heavy (non-hydrogen) atoms. The fourth-order valence-corrected chi connectivity index (χ4v) is 3.65. The number of hydrogen-bond acceptors (Lipinski definition) is 4. The second-order valence-electron chi connectivity index (χ2n) is 5.77. The lowest BCUT2D eigenvalue weighted by Crippen LogP contribution is -2.35. The minimum Gasteiger partial charge on any atom is -0.313 e. The molecule has 0 aromatic heterocycles. The third kappa shape index (κ3) is 4.06. The number of thioether (sulfide) groups is 1. The summed E-state index contributed by atoms with van der Waals surface area (Å²) in [5.74, 6) is 1.17.